The van der Waals surface area contributed by atoms with Crippen LogP contribution in [0.15, 0.2) is 36.4 Å². The molecule has 0 saturated carbocycles. The maximum atomic E-state index is 11.6. The van der Waals surface area contributed by atoms with Crippen molar-refractivity contribution < 1.29 is 4.79 Å². The van der Waals surface area contributed by atoms with Crippen molar-refractivity contribution in [3.63, 3.8) is 0 Å². The smallest absolute Gasteiger partial charge is 0.271 e. The van der Waals surface area contributed by atoms with Crippen molar-refractivity contribution in [1.82, 2.24) is 15.5 Å². The van der Waals surface area contributed by atoms with Crippen LogP contribution in [0, 0.1) is 0 Å². The molecular formula is C15H19N5O. The Morgan fingerprint density at radius 3 is 2.71 bits per heavy atom. The molecule has 1 aromatic carbocycles. The lowest BCUT2D eigenvalue weighted by Gasteiger charge is -2.15. The van der Waals surface area contributed by atoms with Crippen LogP contribution < -0.4 is 16.4 Å². The monoisotopic (exact) mass is 285 g/mol. The first-order valence-electron chi connectivity index (χ1n) is 6.84. The molecule has 6 heteroatoms. The van der Waals surface area contributed by atoms with E-state index in [-0.39, 0.29) is 11.9 Å². The normalized spacial score (nSPS) is 11.7. The molecule has 0 spiro atoms. The predicted octanol–water partition coefficient (Wildman–Crippen LogP) is 1.98. The minimum Gasteiger partial charge on any atom is -0.399 e. The first-order valence-corrected chi connectivity index (χ1v) is 6.84. The molecule has 0 aliphatic heterocycles. The third-order valence-corrected chi connectivity index (χ3v) is 3.01. The van der Waals surface area contributed by atoms with E-state index >= 15 is 0 Å². The summed E-state index contributed by atoms with van der Waals surface area (Å²) in [4.78, 5) is 11.6. The van der Waals surface area contributed by atoms with Gasteiger partial charge in [-0.2, -0.15) is 0 Å². The van der Waals surface area contributed by atoms with Gasteiger partial charge in [-0.1, -0.05) is 12.1 Å². The van der Waals surface area contributed by atoms with Crippen molar-refractivity contribution in [3.05, 3.63) is 47.7 Å². The van der Waals surface area contributed by atoms with Crippen molar-refractivity contribution >= 4 is 17.4 Å². The Morgan fingerprint density at radius 2 is 2.10 bits per heavy atom. The first-order chi connectivity index (χ1) is 10.1. The molecule has 1 atom stereocenters. The van der Waals surface area contributed by atoms with E-state index < -0.39 is 0 Å². The van der Waals surface area contributed by atoms with Gasteiger partial charge in [-0.15, -0.1) is 10.2 Å². The third-order valence-electron chi connectivity index (χ3n) is 3.01. The molecule has 110 valence electrons. The second-order valence-corrected chi connectivity index (χ2v) is 4.70. The van der Waals surface area contributed by atoms with E-state index in [1.165, 1.54) is 0 Å². The average Bonchev–Trinajstić information content (AvgIpc) is 2.48. The number of carbonyl (C=O) groups excluding carboxylic acids is 1. The molecule has 0 aliphatic rings. The summed E-state index contributed by atoms with van der Waals surface area (Å²) in [6.45, 7) is 4.43. The van der Waals surface area contributed by atoms with Gasteiger partial charge < -0.3 is 16.4 Å². The quantitative estimate of drug-likeness (QED) is 0.730. The molecule has 1 aromatic heterocycles. The number of nitrogens with zero attached hydrogens (tertiary/aromatic N) is 2. The van der Waals surface area contributed by atoms with Crippen LogP contribution >= 0.6 is 0 Å². The molecule has 4 N–H and O–H groups in total. The van der Waals surface area contributed by atoms with Gasteiger partial charge >= 0.3 is 0 Å². The molecule has 0 radical (unpaired) electrons. The number of amides is 1. The number of nitrogens with one attached hydrogen (secondary N) is 2. The second kappa shape index (κ2) is 6.69. The highest BCUT2D eigenvalue weighted by Crippen LogP contribution is 2.19. The summed E-state index contributed by atoms with van der Waals surface area (Å²) < 4.78 is 0. The van der Waals surface area contributed by atoms with Crippen molar-refractivity contribution in [2.45, 2.75) is 19.9 Å². The van der Waals surface area contributed by atoms with Gasteiger partial charge in [0.25, 0.3) is 5.91 Å². The second-order valence-electron chi connectivity index (χ2n) is 4.70. The Bertz CT molecular complexity index is 612. The number of anilines is 2. The third kappa shape index (κ3) is 3.92. The zero-order valence-corrected chi connectivity index (χ0v) is 12.1. The van der Waals surface area contributed by atoms with Crippen LogP contribution in [0.3, 0.4) is 0 Å². The molecule has 1 heterocycles. The fourth-order valence-corrected chi connectivity index (χ4v) is 1.91. The molecule has 0 saturated heterocycles. The van der Waals surface area contributed by atoms with E-state index in [4.69, 9.17) is 5.73 Å². The van der Waals surface area contributed by atoms with Gasteiger partial charge in [-0.05, 0) is 43.7 Å². The van der Waals surface area contributed by atoms with Crippen molar-refractivity contribution in [3.8, 4) is 0 Å². The summed E-state index contributed by atoms with van der Waals surface area (Å²) in [6, 6.07) is 11.1. The minimum absolute atomic E-state index is 0.0399. The van der Waals surface area contributed by atoms with Crippen LogP contribution in [-0.4, -0.2) is 22.6 Å². The van der Waals surface area contributed by atoms with Gasteiger partial charge in [0.05, 0.1) is 6.04 Å². The van der Waals surface area contributed by atoms with Gasteiger partial charge in [-0.25, -0.2) is 0 Å². The molecule has 0 aliphatic carbocycles. The molecule has 6 nitrogen and oxygen atoms in total. The zero-order chi connectivity index (χ0) is 15.2. The van der Waals surface area contributed by atoms with Gasteiger partial charge in [0, 0.05) is 12.2 Å². The molecule has 2 rings (SSSR count). The minimum atomic E-state index is -0.222. The lowest BCUT2D eigenvalue weighted by atomic mass is 10.1. The molecule has 0 bridgehead atoms. The highest BCUT2D eigenvalue weighted by atomic mass is 16.1. The predicted molar refractivity (Wildman–Crippen MR) is 82.9 cm³/mol. The topological polar surface area (TPSA) is 92.9 Å². The Hall–Kier alpha value is -2.63. The SMILES string of the molecule is CCNC(=O)c1ccc(NC(C)c2cccc(N)c2)nn1. The highest BCUT2D eigenvalue weighted by Gasteiger charge is 2.09. The number of benzene rings is 1. The molecular weight excluding hydrogens is 266 g/mol. The summed E-state index contributed by atoms with van der Waals surface area (Å²) >= 11 is 0. The van der Waals surface area contributed by atoms with E-state index in [0.717, 1.165) is 11.3 Å². The van der Waals surface area contributed by atoms with E-state index in [2.05, 4.69) is 20.8 Å². The number of aromatic nitrogens is 2. The van der Waals surface area contributed by atoms with Crippen LogP contribution in [0.4, 0.5) is 11.5 Å². The Kier molecular flexibility index (Phi) is 4.71. The first kappa shape index (κ1) is 14.8. The molecule has 2 aromatic rings. The van der Waals surface area contributed by atoms with E-state index in [1.807, 2.05) is 38.1 Å². The maximum Gasteiger partial charge on any atom is 0.271 e. The van der Waals surface area contributed by atoms with Crippen LogP contribution in [0.1, 0.15) is 35.9 Å². The summed E-state index contributed by atoms with van der Waals surface area (Å²) in [5.74, 6) is 0.387. The lowest BCUT2D eigenvalue weighted by molar-refractivity contribution is 0.0950. The molecule has 21 heavy (non-hydrogen) atoms. The van der Waals surface area contributed by atoms with Crippen molar-refractivity contribution in [2.75, 3.05) is 17.6 Å². The number of nitrogen functional groups attached to an aromatic ring is 1. The molecule has 0 fully saturated rings. The number of hydrogen-bond acceptors (Lipinski definition) is 5. The summed E-state index contributed by atoms with van der Waals surface area (Å²) in [7, 11) is 0. The van der Waals surface area contributed by atoms with Crippen LogP contribution in [0.5, 0.6) is 0 Å². The zero-order valence-electron chi connectivity index (χ0n) is 12.1. The summed E-state index contributed by atoms with van der Waals surface area (Å²) in [5, 5.41) is 13.8. The standard InChI is InChI=1S/C15H19N5O/c1-3-17-15(21)13-7-8-14(20-19-13)18-10(2)11-5-4-6-12(16)9-11/h4-10H,3,16H2,1-2H3,(H,17,21)(H,18,20). The van der Waals surface area contributed by atoms with Crippen molar-refractivity contribution in [1.29, 1.82) is 0 Å². The van der Waals surface area contributed by atoms with Gasteiger partial charge in [0.15, 0.2) is 5.69 Å². The van der Waals surface area contributed by atoms with E-state index in [1.54, 1.807) is 12.1 Å². The Labute approximate surface area is 123 Å². The number of carbonyl (C=O) groups is 1. The number of rotatable bonds is 5. The average molecular weight is 285 g/mol. The van der Waals surface area contributed by atoms with Crippen LogP contribution in [0.2, 0.25) is 0 Å². The van der Waals surface area contributed by atoms with Crippen LogP contribution in [-0.2, 0) is 0 Å². The van der Waals surface area contributed by atoms with E-state index in [0.29, 0.717) is 18.1 Å². The van der Waals surface area contributed by atoms with Gasteiger partial charge in [-0.3, -0.25) is 4.79 Å². The van der Waals surface area contributed by atoms with Crippen molar-refractivity contribution in [2.24, 2.45) is 0 Å². The van der Waals surface area contributed by atoms with E-state index in [9.17, 15) is 4.79 Å². The van der Waals surface area contributed by atoms with Gasteiger partial charge in [0.1, 0.15) is 5.82 Å². The maximum absolute atomic E-state index is 11.6. The fraction of sp³-hybridized carbons (Fsp3) is 0.267. The number of hydrogen-bond donors (Lipinski definition) is 3. The molecule has 1 amide bonds. The summed E-state index contributed by atoms with van der Waals surface area (Å²) in [6.07, 6.45) is 0. The molecule has 1 unspecified atom stereocenters. The fourth-order valence-electron chi connectivity index (χ4n) is 1.91. The highest BCUT2D eigenvalue weighted by molar-refractivity contribution is 5.92. The Morgan fingerprint density at radius 1 is 1.29 bits per heavy atom. The van der Waals surface area contributed by atoms with Crippen LogP contribution in [0.25, 0.3) is 0 Å². The van der Waals surface area contributed by atoms with Gasteiger partial charge in [0.2, 0.25) is 0 Å². The lowest BCUT2D eigenvalue weighted by Crippen LogP contribution is -2.24. The summed E-state index contributed by atoms with van der Waals surface area (Å²) in [5.41, 5.74) is 7.86. The Balaban J connectivity index is 2.04. The largest absolute Gasteiger partial charge is 0.399 e. The number of nitrogens with two attached hydrogens (primary N) is 1.